The number of para-hydroxylation sites is 1. The van der Waals surface area contributed by atoms with Crippen molar-refractivity contribution in [1.29, 1.82) is 0 Å². The van der Waals surface area contributed by atoms with Crippen LogP contribution in [0.1, 0.15) is 0 Å². The fourth-order valence-electron chi connectivity index (χ4n) is 1.59. The highest BCUT2D eigenvalue weighted by Crippen LogP contribution is 2.14. The molecule has 0 spiro atoms. The molecule has 2 aromatic rings. The zero-order valence-electron chi connectivity index (χ0n) is 11.7. The van der Waals surface area contributed by atoms with Crippen LogP contribution in [0.4, 0.5) is 0 Å². The number of hydrogen-bond donors (Lipinski definition) is 2. The smallest absolute Gasteiger partial charge is 0.257 e. The van der Waals surface area contributed by atoms with Gasteiger partial charge in [-0.15, -0.1) is 11.3 Å². The van der Waals surface area contributed by atoms with E-state index in [1.54, 1.807) is 23.6 Å². The Balaban J connectivity index is 1.65. The fraction of sp³-hybridized carbons (Fsp3) is 0.214. The van der Waals surface area contributed by atoms with Crippen molar-refractivity contribution in [3.05, 3.63) is 47.8 Å². The Morgan fingerprint density at radius 1 is 1.09 bits per heavy atom. The maximum absolute atomic E-state index is 11.8. The zero-order chi connectivity index (χ0) is 15.8. The average molecular weight is 340 g/mol. The third kappa shape index (κ3) is 5.14. The molecule has 0 radical (unpaired) electrons. The fourth-order valence-corrected chi connectivity index (χ4v) is 3.66. The minimum atomic E-state index is -3.48. The van der Waals surface area contributed by atoms with E-state index in [2.05, 4.69) is 10.0 Å². The Hall–Kier alpha value is -1.90. The quantitative estimate of drug-likeness (QED) is 0.708. The molecule has 6 nitrogen and oxygen atoms in total. The number of hydrogen-bond acceptors (Lipinski definition) is 5. The summed E-state index contributed by atoms with van der Waals surface area (Å²) < 4.78 is 31.6. The molecule has 2 N–H and O–H groups in total. The number of thiophene rings is 1. The van der Waals surface area contributed by atoms with E-state index in [9.17, 15) is 13.2 Å². The van der Waals surface area contributed by atoms with Gasteiger partial charge >= 0.3 is 0 Å². The van der Waals surface area contributed by atoms with E-state index in [1.165, 1.54) is 6.07 Å². The molecule has 22 heavy (non-hydrogen) atoms. The number of carbonyl (C=O) groups is 1. The predicted octanol–water partition coefficient (Wildman–Crippen LogP) is 1.22. The predicted molar refractivity (Wildman–Crippen MR) is 84.5 cm³/mol. The van der Waals surface area contributed by atoms with Gasteiger partial charge < -0.3 is 10.1 Å². The molecule has 0 aliphatic rings. The lowest BCUT2D eigenvalue weighted by Gasteiger charge is -2.08. The first-order chi connectivity index (χ1) is 10.6. The monoisotopic (exact) mass is 340 g/mol. The number of benzene rings is 1. The number of ether oxygens (including phenoxy) is 1. The Kier molecular flexibility index (Phi) is 5.93. The Morgan fingerprint density at radius 2 is 1.86 bits per heavy atom. The van der Waals surface area contributed by atoms with Crippen molar-refractivity contribution in [1.82, 2.24) is 10.0 Å². The highest BCUT2D eigenvalue weighted by atomic mass is 32.2. The molecule has 0 aliphatic carbocycles. The lowest BCUT2D eigenvalue weighted by molar-refractivity contribution is -0.123. The van der Waals surface area contributed by atoms with E-state index in [0.29, 0.717) is 5.75 Å². The van der Waals surface area contributed by atoms with Crippen LogP contribution >= 0.6 is 11.3 Å². The van der Waals surface area contributed by atoms with Crippen molar-refractivity contribution in [2.75, 3.05) is 19.7 Å². The standard InChI is InChI=1S/C14H16N2O4S2/c17-13(11-20-12-5-2-1-3-6-12)15-8-9-16-22(18,19)14-7-4-10-21-14/h1-7,10,16H,8-9,11H2,(H,15,17). The summed E-state index contributed by atoms with van der Waals surface area (Å²) in [5.74, 6) is 0.301. The van der Waals surface area contributed by atoms with Crippen molar-refractivity contribution in [3.8, 4) is 5.75 Å². The molecule has 1 aromatic heterocycles. The molecule has 0 bridgehead atoms. The SMILES string of the molecule is O=C(COc1ccccc1)NCCNS(=O)(=O)c1cccs1. The van der Waals surface area contributed by atoms with E-state index >= 15 is 0 Å². The molecule has 1 heterocycles. The van der Waals surface area contributed by atoms with Gasteiger partial charge in [-0.2, -0.15) is 0 Å². The zero-order valence-corrected chi connectivity index (χ0v) is 13.3. The van der Waals surface area contributed by atoms with Gasteiger partial charge in [0.05, 0.1) is 0 Å². The summed E-state index contributed by atoms with van der Waals surface area (Å²) in [7, 11) is -3.48. The number of nitrogens with one attached hydrogen (secondary N) is 2. The minimum Gasteiger partial charge on any atom is -0.484 e. The number of carbonyl (C=O) groups excluding carboxylic acids is 1. The van der Waals surface area contributed by atoms with Gasteiger partial charge in [0.1, 0.15) is 9.96 Å². The van der Waals surface area contributed by atoms with Crippen molar-refractivity contribution in [2.24, 2.45) is 0 Å². The lowest BCUT2D eigenvalue weighted by atomic mass is 10.3. The van der Waals surface area contributed by atoms with Crippen LogP contribution in [0.5, 0.6) is 5.75 Å². The first-order valence-electron chi connectivity index (χ1n) is 6.56. The highest BCUT2D eigenvalue weighted by molar-refractivity contribution is 7.91. The maximum atomic E-state index is 11.8. The second kappa shape index (κ2) is 7.92. The third-order valence-electron chi connectivity index (χ3n) is 2.61. The van der Waals surface area contributed by atoms with Crippen LogP contribution in [-0.2, 0) is 14.8 Å². The first-order valence-corrected chi connectivity index (χ1v) is 8.92. The van der Waals surface area contributed by atoms with Gasteiger partial charge in [-0.25, -0.2) is 13.1 Å². The Labute approximate surface area is 133 Å². The molecule has 2 rings (SSSR count). The van der Waals surface area contributed by atoms with Crippen molar-refractivity contribution in [2.45, 2.75) is 4.21 Å². The summed E-state index contributed by atoms with van der Waals surface area (Å²) in [6.45, 7) is 0.209. The summed E-state index contributed by atoms with van der Waals surface area (Å²) in [4.78, 5) is 11.6. The number of amides is 1. The van der Waals surface area contributed by atoms with Gasteiger partial charge in [-0.1, -0.05) is 24.3 Å². The Morgan fingerprint density at radius 3 is 2.55 bits per heavy atom. The van der Waals surface area contributed by atoms with Gasteiger partial charge in [-0.05, 0) is 23.6 Å². The number of rotatable bonds is 8. The van der Waals surface area contributed by atoms with Crippen molar-refractivity contribution in [3.63, 3.8) is 0 Å². The highest BCUT2D eigenvalue weighted by Gasteiger charge is 2.13. The van der Waals surface area contributed by atoms with Gasteiger partial charge in [-0.3, -0.25) is 4.79 Å². The second-order valence-electron chi connectivity index (χ2n) is 4.28. The lowest BCUT2D eigenvalue weighted by Crippen LogP contribution is -2.36. The van der Waals surface area contributed by atoms with Crippen LogP contribution in [0.25, 0.3) is 0 Å². The molecule has 0 aliphatic heterocycles. The molecule has 0 atom stereocenters. The normalized spacial score (nSPS) is 11.1. The van der Waals surface area contributed by atoms with Gasteiger partial charge in [0.2, 0.25) is 10.0 Å². The van der Waals surface area contributed by atoms with E-state index in [-0.39, 0.29) is 29.8 Å². The molecule has 1 aromatic carbocycles. The van der Waals surface area contributed by atoms with E-state index in [1.807, 2.05) is 18.2 Å². The van der Waals surface area contributed by atoms with Gasteiger partial charge in [0.15, 0.2) is 6.61 Å². The maximum Gasteiger partial charge on any atom is 0.257 e. The van der Waals surface area contributed by atoms with Crippen LogP contribution in [0.2, 0.25) is 0 Å². The molecular weight excluding hydrogens is 324 g/mol. The van der Waals surface area contributed by atoms with Crippen LogP contribution in [-0.4, -0.2) is 34.0 Å². The summed E-state index contributed by atoms with van der Waals surface area (Å²) in [5, 5.41) is 4.28. The molecule has 0 fully saturated rings. The first kappa shape index (κ1) is 16.5. The molecule has 8 heteroatoms. The summed E-state index contributed by atoms with van der Waals surface area (Å²) in [6, 6.07) is 12.2. The van der Waals surface area contributed by atoms with Gasteiger partial charge in [0.25, 0.3) is 5.91 Å². The summed E-state index contributed by atoms with van der Waals surface area (Å²) >= 11 is 1.14. The van der Waals surface area contributed by atoms with Crippen molar-refractivity contribution < 1.29 is 17.9 Å². The minimum absolute atomic E-state index is 0.109. The van der Waals surface area contributed by atoms with Crippen LogP contribution < -0.4 is 14.8 Å². The van der Waals surface area contributed by atoms with E-state index in [0.717, 1.165) is 11.3 Å². The topological polar surface area (TPSA) is 84.5 Å². The van der Waals surface area contributed by atoms with Crippen LogP contribution in [0.15, 0.2) is 52.1 Å². The largest absolute Gasteiger partial charge is 0.484 e. The third-order valence-corrected chi connectivity index (χ3v) is 5.47. The Bertz CT molecular complexity index is 685. The van der Waals surface area contributed by atoms with Crippen LogP contribution in [0, 0.1) is 0 Å². The molecular formula is C14H16N2O4S2. The van der Waals surface area contributed by atoms with Crippen molar-refractivity contribution >= 4 is 27.3 Å². The average Bonchev–Trinajstić information content (AvgIpc) is 3.06. The van der Waals surface area contributed by atoms with E-state index < -0.39 is 10.0 Å². The molecule has 0 saturated carbocycles. The molecule has 0 saturated heterocycles. The molecule has 0 unspecified atom stereocenters. The summed E-state index contributed by atoms with van der Waals surface area (Å²) in [5.41, 5.74) is 0. The van der Waals surface area contributed by atoms with E-state index in [4.69, 9.17) is 4.74 Å². The van der Waals surface area contributed by atoms with Gasteiger partial charge in [0, 0.05) is 13.1 Å². The second-order valence-corrected chi connectivity index (χ2v) is 7.22. The van der Waals surface area contributed by atoms with Crippen LogP contribution in [0.3, 0.4) is 0 Å². The summed E-state index contributed by atoms with van der Waals surface area (Å²) in [6.07, 6.45) is 0. The number of sulfonamides is 1. The molecule has 118 valence electrons. The molecule has 1 amide bonds.